The Labute approximate surface area is 96.9 Å². The van der Waals surface area contributed by atoms with E-state index in [4.69, 9.17) is 4.74 Å². The number of hydrogen-bond acceptors (Lipinski definition) is 3. The van der Waals surface area contributed by atoms with E-state index in [0.29, 0.717) is 12.3 Å². The monoisotopic (exact) mass is 224 g/mol. The van der Waals surface area contributed by atoms with E-state index in [1.165, 1.54) is 7.11 Å². The number of hydrogen-bond donors (Lipinski definition) is 0. The summed E-state index contributed by atoms with van der Waals surface area (Å²) in [5.41, 5.74) is 0. The highest BCUT2D eigenvalue weighted by atomic mass is 16.5. The van der Waals surface area contributed by atoms with Gasteiger partial charge in [0, 0.05) is 6.42 Å². The summed E-state index contributed by atoms with van der Waals surface area (Å²) in [7, 11) is 1.35. The number of carbonyl (C=O) groups is 2. The Morgan fingerprint density at radius 3 is 2.88 bits per heavy atom. The second kappa shape index (κ2) is 5.83. The molecule has 0 aromatic rings. The molecule has 0 aromatic heterocycles. The number of Topliss-reactive ketones (excluding diaryl/α,β-unsaturated/α-hetero) is 1. The molecule has 0 bridgehead atoms. The zero-order valence-electron chi connectivity index (χ0n) is 10.1. The number of allylic oxidation sites excluding steroid dienone is 1. The summed E-state index contributed by atoms with van der Waals surface area (Å²) in [6.07, 6.45) is 4.91. The van der Waals surface area contributed by atoms with Gasteiger partial charge >= 0.3 is 5.97 Å². The van der Waals surface area contributed by atoms with E-state index < -0.39 is 5.92 Å². The molecule has 3 heteroatoms. The summed E-state index contributed by atoms with van der Waals surface area (Å²) < 4.78 is 4.73. The quantitative estimate of drug-likeness (QED) is 0.418. The van der Waals surface area contributed by atoms with Crippen molar-refractivity contribution in [2.75, 3.05) is 7.11 Å². The minimum atomic E-state index is -0.548. The Balaban J connectivity index is 2.81. The highest BCUT2D eigenvalue weighted by molar-refractivity contribution is 5.99. The summed E-state index contributed by atoms with van der Waals surface area (Å²) in [5.74, 6) is -0.355. The number of methoxy groups -OCH3 is 1. The topological polar surface area (TPSA) is 43.4 Å². The minimum Gasteiger partial charge on any atom is -0.468 e. The van der Waals surface area contributed by atoms with Crippen LogP contribution in [0.4, 0.5) is 0 Å². The van der Waals surface area contributed by atoms with Crippen molar-refractivity contribution in [3.05, 3.63) is 12.7 Å². The Hall–Kier alpha value is -1.12. The van der Waals surface area contributed by atoms with Gasteiger partial charge in [-0.05, 0) is 31.1 Å². The molecule has 1 aliphatic carbocycles. The standard InChI is InChI=1S/C13H20O3/c1-4-5-6-10-9(2)7-8-11(14)12(10)13(15)16-3/h4,9-10,12H,1,5-8H2,2-3H3/t9-,10+,12?/m0/s1. The van der Waals surface area contributed by atoms with Gasteiger partial charge in [-0.2, -0.15) is 0 Å². The van der Waals surface area contributed by atoms with Crippen molar-refractivity contribution in [1.29, 1.82) is 0 Å². The zero-order valence-corrected chi connectivity index (χ0v) is 10.1. The zero-order chi connectivity index (χ0) is 12.1. The number of esters is 1. The maximum Gasteiger partial charge on any atom is 0.316 e. The SMILES string of the molecule is C=CCC[C@H]1C(C(=O)OC)C(=O)CC[C@@H]1C. The smallest absolute Gasteiger partial charge is 0.316 e. The molecule has 0 amide bonds. The van der Waals surface area contributed by atoms with Crippen LogP contribution in [0.5, 0.6) is 0 Å². The molecule has 0 N–H and O–H groups in total. The molecule has 16 heavy (non-hydrogen) atoms. The molecular formula is C13H20O3. The molecule has 3 atom stereocenters. The van der Waals surface area contributed by atoms with Gasteiger partial charge in [0.25, 0.3) is 0 Å². The fraction of sp³-hybridized carbons (Fsp3) is 0.692. The Kier molecular flexibility index (Phi) is 4.71. The fourth-order valence-corrected chi connectivity index (χ4v) is 2.50. The molecule has 1 unspecified atom stereocenters. The molecule has 0 radical (unpaired) electrons. The molecule has 1 aliphatic rings. The molecule has 1 saturated carbocycles. The van der Waals surface area contributed by atoms with Crippen LogP contribution in [0.3, 0.4) is 0 Å². The van der Waals surface area contributed by atoms with Gasteiger partial charge in [-0.1, -0.05) is 13.0 Å². The van der Waals surface area contributed by atoms with Crippen molar-refractivity contribution in [1.82, 2.24) is 0 Å². The predicted octanol–water partition coefficient (Wildman–Crippen LogP) is 2.36. The molecular weight excluding hydrogens is 204 g/mol. The van der Waals surface area contributed by atoms with Crippen LogP contribution in [-0.4, -0.2) is 18.9 Å². The number of rotatable bonds is 4. The maximum absolute atomic E-state index is 11.8. The molecule has 1 fully saturated rings. The normalized spacial score (nSPS) is 29.9. The van der Waals surface area contributed by atoms with E-state index in [9.17, 15) is 9.59 Å². The third-order valence-electron chi connectivity index (χ3n) is 3.51. The van der Waals surface area contributed by atoms with Gasteiger partial charge in [-0.25, -0.2) is 0 Å². The summed E-state index contributed by atoms with van der Waals surface area (Å²) in [5, 5.41) is 0. The van der Waals surface area contributed by atoms with Gasteiger partial charge in [-0.3, -0.25) is 9.59 Å². The van der Waals surface area contributed by atoms with E-state index in [2.05, 4.69) is 13.5 Å². The average molecular weight is 224 g/mol. The lowest BCUT2D eigenvalue weighted by molar-refractivity contribution is -0.154. The number of carbonyl (C=O) groups excluding carboxylic acids is 2. The second-order valence-corrected chi connectivity index (χ2v) is 4.51. The molecule has 3 nitrogen and oxygen atoms in total. The summed E-state index contributed by atoms with van der Waals surface area (Å²) in [4.78, 5) is 23.4. The summed E-state index contributed by atoms with van der Waals surface area (Å²) >= 11 is 0. The van der Waals surface area contributed by atoms with Crippen molar-refractivity contribution >= 4 is 11.8 Å². The lowest BCUT2D eigenvalue weighted by atomic mass is 9.70. The third kappa shape index (κ3) is 2.71. The number of ether oxygens (including phenoxy) is 1. The van der Waals surface area contributed by atoms with Gasteiger partial charge in [0.2, 0.25) is 0 Å². The van der Waals surface area contributed by atoms with Crippen LogP contribution in [0, 0.1) is 17.8 Å². The van der Waals surface area contributed by atoms with E-state index in [1.807, 2.05) is 6.08 Å². The lowest BCUT2D eigenvalue weighted by Crippen LogP contribution is -2.39. The van der Waals surface area contributed by atoms with Crippen molar-refractivity contribution < 1.29 is 14.3 Å². The van der Waals surface area contributed by atoms with Crippen LogP contribution in [0.1, 0.15) is 32.6 Å². The highest BCUT2D eigenvalue weighted by Gasteiger charge is 2.41. The number of ketones is 1. The molecule has 90 valence electrons. The average Bonchev–Trinajstić information content (AvgIpc) is 2.29. The first-order valence-electron chi connectivity index (χ1n) is 5.83. The summed E-state index contributed by atoms with van der Waals surface area (Å²) in [6.45, 7) is 5.79. The molecule has 0 heterocycles. The van der Waals surface area contributed by atoms with Crippen molar-refractivity contribution in [3.63, 3.8) is 0 Å². The fourth-order valence-electron chi connectivity index (χ4n) is 2.50. The first-order chi connectivity index (χ1) is 7.61. The lowest BCUT2D eigenvalue weighted by Gasteiger charge is -2.33. The molecule has 0 saturated heterocycles. The van der Waals surface area contributed by atoms with Gasteiger partial charge in [0.05, 0.1) is 7.11 Å². The van der Waals surface area contributed by atoms with Crippen molar-refractivity contribution in [3.8, 4) is 0 Å². The highest BCUT2D eigenvalue weighted by Crippen LogP contribution is 2.36. The van der Waals surface area contributed by atoms with E-state index in [-0.39, 0.29) is 17.7 Å². The van der Waals surface area contributed by atoms with Gasteiger partial charge in [-0.15, -0.1) is 6.58 Å². The van der Waals surface area contributed by atoms with Gasteiger partial charge in [0.15, 0.2) is 0 Å². The Morgan fingerprint density at radius 2 is 2.31 bits per heavy atom. The molecule has 0 aliphatic heterocycles. The molecule has 1 rings (SSSR count). The van der Waals surface area contributed by atoms with E-state index in [1.54, 1.807) is 0 Å². The predicted molar refractivity (Wildman–Crippen MR) is 61.8 cm³/mol. The minimum absolute atomic E-state index is 0.0408. The van der Waals surface area contributed by atoms with Crippen LogP contribution >= 0.6 is 0 Å². The molecule has 0 spiro atoms. The summed E-state index contributed by atoms with van der Waals surface area (Å²) in [6, 6.07) is 0. The Morgan fingerprint density at radius 1 is 1.62 bits per heavy atom. The van der Waals surface area contributed by atoms with Crippen molar-refractivity contribution in [2.45, 2.75) is 32.6 Å². The maximum atomic E-state index is 11.8. The van der Waals surface area contributed by atoms with Crippen molar-refractivity contribution in [2.24, 2.45) is 17.8 Å². The van der Waals surface area contributed by atoms with Gasteiger partial charge in [0.1, 0.15) is 11.7 Å². The van der Waals surface area contributed by atoms with E-state index >= 15 is 0 Å². The van der Waals surface area contributed by atoms with Crippen LogP contribution in [-0.2, 0) is 14.3 Å². The largest absolute Gasteiger partial charge is 0.468 e. The van der Waals surface area contributed by atoms with Crippen LogP contribution < -0.4 is 0 Å². The third-order valence-corrected chi connectivity index (χ3v) is 3.51. The first kappa shape index (κ1) is 12.9. The van der Waals surface area contributed by atoms with Gasteiger partial charge < -0.3 is 4.74 Å². The van der Waals surface area contributed by atoms with Crippen LogP contribution in [0.25, 0.3) is 0 Å². The van der Waals surface area contributed by atoms with E-state index in [0.717, 1.165) is 19.3 Å². The molecule has 0 aromatic carbocycles. The second-order valence-electron chi connectivity index (χ2n) is 4.51. The van der Waals surface area contributed by atoms with Crippen LogP contribution in [0.15, 0.2) is 12.7 Å². The van der Waals surface area contributed by atoms with Crippen LogP contribution in [0.2, 0.25) is 0 Å². The Bertz CT molecular complexity index is 275. The first-order valence-corrected chi connectivity index (χ1v) is 5.83.